The van der Waals surface area contributed by atoms with E-state index in [1.165, 1.54) is 0 Å². The van der Waals surface area contributed by atoms with Gasteiger partial charge < -0.3 is 4.74 Å². The molecule has 0 bridgehead atoms. The number of rotatable bonds is 0. The quantitative estimate of drug-likeness (QED) is 0.644. The lowest BCUT2D eigenvalue weighted by atomic mass is 9.52. The third kappa shape index (κ3) is 2.06. The lowest BCUT2D eigenvalue weighted by molar-refractivity contribution is -0.165. The van der Waals surface area contributed by atoms with E-state index in [1.807, 2.05) is 0 Å². The molecule has 1 unspecified atom stereocenters. The van der Waals surface area contributed by atoms with Crippen molar-refractivity contribution in [2.24, 2.45) is 28.6 Å². The first-order valence-corrected chi connectivity index (χ1v) is 9.09. The van der Waals surface area contributed by atoms with Crippen molar-refractivity contribution in [3.05, 3.63) is 0 Å². The van der Waals surface area contributed by atoms with E-state index < -0.39 is 0 Å². The molecule has 1 aliphatic heterocycles. The number of carbonyl (C=O) groups excluding carboxylic acids is 3. The van der Waals surface area contributed by atoms with Gasteiger partial charge in [-0.05, 0) is 37.0 Å². The van der Waals surface area contributed by atoms with Crippen molar-refractivity contribution in [2.75, 3.05) is 0 Å². The summed E-state index contributed by atoms with van der Waals surface area (Å²) in [7, 11) is 0. The van der Waals surface area contributed by atoms with E-state index in [0.29, 0.717) is 37.4 Å². The van der Waals surface area contributed by atoms with Crippen LogP contribution in [0.2, 0.25) is 0 Å². The molecule has 23 heavy (non-hydrogen) atoms. The molecular weight excluding hydrogens is 292 g/mol. The Hall–Kier alpha value is -1.19. The molecule has 4 nitrogen and oxygen atoms in total. The number of ketones is 2. The first-order chi connectivity index (χ1) is 10.8. The van der Waals surface area contributed by atoms with Crippen molar-refractivity contribution in [3.63, 3.8) is 0 Å². The zero-order valence-corrected chi connectivity index (χ0v) is 14.1. The summed E-state index contributed by atoms with van der Waals surface area (Å²) in [6.45, 7) is 4.34. The topological polar surface area (TPSA) is 60.4 Å². The van der Waals surface area contributed by atoms with Crippen LogP contribution < -0.4 is 0 Å². The molecule has 126 valence electrons. The number of fused-ring (bicyclic) bond motifs is 5. The average molecular weight is 318 g/mol. The van der Waals surface area contributed by atoms with E-state index in [-0.39, 0.29) is 40.5 Å². The molecule has 0 radical (unpaired) electrons. The maximum atomic E-state index is 12.4. The van der Waals surface area contributed by atoms with Crippen LogP contribution in [-0.2, 0) is 19.1 Å². The van der Waals surface area contributed by atoms with Gasteiger partial charge in [0.2, 0.25) is 0 Å². The van der Waals surface area contributed by atoms with Crippen LogP contribution in [0.5, 0.6) is 0 Å². The van der Waals surface area contributed by atoms with Crippen LogP contribution in [0.25, 0.3) is 0 Å². The van der Waals surface area contributed by atoms with Gasteiger partial charge in [-0.25, -0.2) is 0 Å². The van der Waals surface area contributed by atoms with Crippen LogP contribution >= 0.6 is 0 Å². The Labute approximate surface area is 137 Å². The summed E-state index contributed by atoms with van der Waals surface area (Å²) in [5.74, 6) is 1.07. The van der Waals surface area contributed by atoms with Crippen molar-refractivity contribution < 1.29 is 19.1 Å². The smallest absolute Gasteiger partial charge is 0.306 e. The van der Waals surface area contributed by atoms with Crippen LogP contribution in [0.4, 0.5) is 0 Å². The van der Waals surface area contributed by atoms with Crippen LogP contribution in [0.15, 0.2) is 0 Å². The first kappa shape index (κ1) is 15.3. The highest BCUT2D eigenvalue weighted by atomic mass is 16.5. The van der Waals surface area contributed by atoms with Gasteiger partial charge in [0.05, 0.1) is 0 Å². The average Bonchev–Trinajstić information content (AvgIpc) is 2.73. The molecule has 0 N–H and O–H groups in total. The number of ether oxygens (including phenoxy) is 1. The van der Waals surface area contributed by atoms with Gasteiger partial charge in [-0.15, -0.1) is 0 Å². The van der Waals surface area contributed by atoms with E-state index >= 15 is 0 Å². The Morgan fingerprint density at radius 2 is 1.74 bits per heavy atom. The Morgan fingerprint density at radius 1 is 0.957 bits per heavy atom. The fourth-order valence-corrected chi connectivity index (χ4v) is 6.14. The summed E-state index contributed by atoms with van der Waals surface area (Å²) in [5, 5.41) is 0. The Kier molecular flexibility index (Phi) is 3.27. The second kappa shape index (κ2) is 4.90. The highest BCUT2D eigenvalue weighted by molar-refractivity contribution is 5.87. The first-order valence-electron chi connectivity index (χ1n) is 9.09. The molecule has 4 heteroatoms. The maximum absolute atomic E-state index is 12.4. The minimum atomic E-state index is -0.303. The zero-order valence-electron chi connectivity index (χ0n) is 14.1. The highest BCUT2D eigenvalue weighted by Gasteiger charge is 2.61. The Bertz CT molecular complexity index is 582. The van der Waals surface area contributed by atoms with Gasteiger partial charge in [-0.1, -0.05) is 13.8 Å². The van der Waals surface area contributed by atoms with Crippen molar-refractivity contribution in [1.29, 1.82) is 0 Å². The van der Waals surface area contributed by atoms with Gasteiger partial charge >= 0.3 is 5.97 Å². The fourth-order valence-electron chi connectivity index (χ4n) is 6.14. The second-order valence-electron chi connectivity index (χ2n) is 8.74. The number of esters is 1. The van der Waals surface area contributed by atoms with E-state index in [0.717, 1.165) is 25.7 Å². The van der Waals surface area contributed by atoms with Gasteiger partial charge in [0.1, 0.15) is 17.7 Å². The summed E-state index contributed by atoms with van der Waals surface area (Å²) in [6, 6.07) is 0. The molecule has 0 spiro atoms. The van der Waals surface area contributed by atoms with Crippen molar-refractivity contribution >= 4 is 17.5 Å². The van der Waals surface area contributed by atoms with Crippen molar-refractivity contribution in [2.45, 2.75) is 71.3 Å². The molecule has 0 amide bonds. The molecule has 0 aromatic carbocycles. The van der Waals surface area contributed by atoms with E-state index in [4.69, 9.17) is 4.74 Å². The van der Waals surface area contributed by atoms with Gasteiger partial charge in [0.15, 0.2) is 0 Å². The van der Waals surface area contributed by atoms with Gasteiger partial charge in [0.25, 0.3) is 0 Å². The normalized spacial score (nSPS) is 49.7. The number of hydrogen-bond donors (Lipinski definition) is 0. The van der Waals surface area contributed by atoms with Crippen LogP contribution in [0.3, 0.4) is 0 Å². The number of hydrogen-bond acceptors (Lipinski definition) is 4. The predicted octanol–water partition coefficient (Wildman–Crippen LogP) is 3.07. The third-order valence-corrected chi connectivity index (χ3v) is 7.78. The molecule has 0 aromatic rings. The second-order valence-corrected chi connectivity index (χ2v) is 8.74. The summed E-state index contributed by atoms with van der Waals surface area (Å²) in [4.78, 5) is 36.7. The lowest BCUT2D eigenvalue weighted by Crippen LogP contribution is -2.52. The van der Waals surface area contributed by atoms with E-state index in [2.05, 4.69) is 13.8 Å². The molecule has 6 atom stereocenters. The predicted molar refractivity (Wildman–Crippen MR) is 83.5 cm³/mol. The standard InChI is InChI=1S/C19H26O4/c1-18-7-5-12(20)9-11(18)10-16(22)23-17-13-3-4-15(21)19(13,2)8-6-14(17)18/h11,13-14,17H,3-10H2,1-2H3/t11?,13-,14-,17-,18-,19-/m0/s1. The van der Waals surface area contributed by atoms with Crippen LogP contribution in [0, 0.1) is 28.6 Å². The number of carbonyl (C=O) groups is 3. The Balaban J connectivity index is 1.73. The molecule has 4 fully saturated rings. The van der Waals surface area contributed by atoms with Gasteiger partial charge in [-0.2, -0.15) is 0 Å². The summed E-state index contributed by atoms with van der Waals surface area (Å²) < 4.78 is 5.93. The molecule has 0 aromatic heterocycles. The van der Waals surface area contributed by atoms with Gasteiger partial charge in [0, 0.05) is 42.9 Å². The van der Waals surface area contributed by atoms with E-state index in [9.17, 15) is 14.4 Å². The molecular formula is C19H26O4. The van der Waals surface area contributed by atoms with Crippen molar-refractivity contribution in [3.8, 4) is 0 Å². The number of Topliss-reactive ketones (excluding diaryl/α,β-unsaturated/α-hetero) is 2. The molecule has 1 heterocycles. The van der Waals surface area contributed by atoms with Crippen LogP contribution in [-0.4, -0.2) is 23.6 Å². The Morgan fingerprint density at radius 3 is 2.52 bits per heavy atom. The molecule has 3 saturated carbocycles. The molecule has 3 aliphatic carbocycles. The van der Waals surface area contributed by atoms with Gasteiger partial charge in [-0.3, -0.25) is 14.4 Å². The molecule has 4 rings (SSSR count). The molecule has 4 aliphatic rings. The monoisotopic (exact) mass is 318 g/mol. The minimum absolute atomic E-state index is 0.00228. The molecule has 1 saturated heterocycles. The SMILES string of the molecule is C[C@]12CCC(=O)CC1CC(=O)O[C@@H]1[C@@H]2CC[C@]2(C)C(=O)CC[C@@H]12. The summed E-state index contributed by atoms with van der Waals surface area (Å²) >= 11 is 0. The minimum Gasteiger partial charge on any atom is -0.462 e. The van der Waals surface area contributed by atoms with Crippen LogP contribution in [0.1, 0.15) is 65.2 Å². The fraction of sp³-hybridized carbons (Fsp3) is 0.842. The maximum Gasteiger partial charge on any atom is 0.306 e. The third-order valence-electron chi connectivity index (χ3n) is 7.78. The van der Waals surface area contributed by atoms with E-state index in [1.54, 1.807) is 0 Å². The zero-order chi connectivity index (χ0) is 16.4. The lowest BCUT2D eigenvalue weighted by Gasteiger charge is -2.52. The highest BCUT2D eigenvalue weighted by Crippen LogP contribution is 2.61. The largest absolute Gasteiger partial charge is 0.462 e. The van der Waals surface area contributed by atoms with Crippen molar-refractivity contribution in [1.82, 2.24) is 0 Å². The summed E-state index contributed by atoms with van der Waals surface area (Å²) in [5.41, 5.74) is -0.306. The summed E-state index contributed by atoms with van der Waals surface area (Å²) in [6.07, 6.45) is 5.59.